The second kappa shape index (κ2) is 8.08. The maximum atomic E-state index is 13.0. The van der Waals surface area contributed by atoms with Crippen molar-refractivity contribution in [3.63, 3.8) is 0 Å². The number of anilines is 1. The van der Waals surface area contributed by atoms with Crippen LogP contribution in [-0.2, 0) is 23.6 Å². The lowest BCUT2D eigenvalue weighted by atomic mass is 10.1. The Hall–Kier alpha value is -3.13. The van der Waals surface area contributed by atoms with Gasteiger partial charge in [0.25, 0.3) is 15.9 Å². The molecule has 2 N–H and O–H groups in total. The number of nitrogens with zero attached hydrogens (tertiary/aromatic N) is 1. The highest BCUT2D eigenvalue weighted by molar-refractivity contribution is 7.92. The molecule has 152 valence electrons. The van der Waals surface area contributed by atoms with Gasteiger partial charge in [0.2, 0.25) is 0 Å². The summed E-state index contributed by atoms with van der Waals surface area (Å²) < 4.78 is 42.7. The van der Waals surface area contributed by atoms with Crippen LogP contribution >= 0.6 is 0 Å². The lowest BCUT2D eigenvalue weighted by Gasteiger charge is -2.12. The second-order valence-electron chi connectivity index (χ2n) is 6.80. The highest BCUT2D eigenvalue weighted by Crippen LogP contribution is 2.20. The predicted molar refractivity (Wildman–Crippen MR) is 110 cm³/mol. The highest BCUT2D eigenvalue weighted by atomic mass is 32.2. The molecule has 0 radical (unpaired) electrons. The third-order valence-electron chi connectivity index (χ3n) is 4.77. The van der Waals surface area contributed by atoms with E-state index >= 15 is 0 Å². The molecule has 0 bridgehead atoms. The van der Waals surface area contributed by atoms with Gasteiger partial charge in [0.05, 0.1) is 11.4 Å². The number of amides is 1. The van der Waals surface area contributed by atoms with Gasteiger partial charge in [-0.3, -0.25) is 9.52 Å². The molecule has 1 amide bonds. The molecule has 3 rings (SSSR count). The number of halogens is 1. The van der Waals surface area contributed by atoms with Crippen molar-refractivity contribution in [2.45, 2.75) is 25.3 Å². The number of hydrogen-bond acceptors (Lipinski definition) is 3. The molecule has 8 heteroatoms. The number of rotatable bonds is 6. The average molecular weight is 415 g/mol. The first kappa shape index (κ1) is 20.6. The summed E-state index contributed by atoms with van der Waals surface area (Å²) in [5.74, 6) is -0.823. The molecule has 6 nitrogen and oxygen atoms in total. The molecule has 1 aromatic heterocycles. The van der Waals surface area contributed by atoms with Crippen molar-refractivity contribution in [2.24, 2.45) is 7.05 Å². The Morgan fingerprint density at radius 2 is 1.72 bits per heavy atom. The third kappa shape index (κ3) is 4.65. The number of hydrogen-bond donors (Lipinski definition) is 2. The molecule has 2 aromatic carbocycles. The van der Waals surface area contributed by atoms with Crippen LogP contribution in [0.3, 0.4) is 0 Å². The van der Waals surface area contributed by atoms with Crippen LogP contribution in [0.1, 0.15) is 27.3 Å². The fourth-order valence-corrected chi connectivity index (χ4v) is 3.94. The number of benzene rings is 2. The lowest BCUT2D eigenvalue weighted by molar-refractivity contribution is 0.0949. The number of aryl methyl sites for hydroxylation is 2. The van der Waals surface area contributed by atoms with Crippen LogP contribution < -0.4 is 10.0 Å². The summed E-state index contributed by atoms with van der Waals surface area (Å²) in [5.41, 5.74) is 3.18. The molecule has 0 spiro atoms. The van der Waals surface area contributed by atoms with Gasteiger partial charge < -0.3 is 9.88 Å². The predicted octanol–water partition coefficient (Wildman–Crippen LogP) is 3.51. The van der Waals surface area contributed by atoms with Crippen molar-refractivity contribution in [2.75, 3.05) is 4.72 Å². The van der Waals surface area contributed by atoms with E-state index in [2.05, 4.69) is 10.0 Å². The summed E-state index contributed by atoms with van der Waals surface area (Å²) >= 11 is 0. The summed E-state index contributed by atoms with van der Waals surface area (Å²) in [5, 5.41) is 2.83. The molecule has 0 unspecified atom stereocenters. The number of aromatic nitrogens is 1. The van der Waals surface area contributed by atoms with Crippen LogP contribution in [0, 0.1) is 19.7 Å². The Labute approximate surface area is 169 Å². The van der Waals surface area contributed by atoms with Gasteiger partial charge >= 0.3 is 0 Å². The first-order valence-corrected chi connectivity index (χ1v) is 10.4. The van der Waals surface area contributed by atoms with Crippen molar-refractivity contribution in [3.05, 3.63) is 82.9 Å². The van der Waals surface area contributed by atoms with Crippen LogP contribution in [-0.4, -0.2) is 18.9 Å². The zero-order valence-corrected chi connectivity index (χ0v) is 17.2. The van der Waals surface area contributed by atoms with Crippen LogP contribution in [0.2, 0.25) is 0 Å². The number of carbonyl (C=O) groups excluding carboxylic acids is 1. The second-order valence-corrected chi connectivity index (χ2v) is 8.48. The number of sulfonamides is 1. The van der Waals surface area contributed by atoms with Gasteiger partial charge in [0.1, 0.15) is 5.82 Å². The number of nitrogens with one attached hydrogen (secondary N) is 2. The van der Waals surface area contributed by atoms with Gasteiger partial charge in [-0.1, -0.05) is 6.07 Å². The van der Waals surface area contributed by atoms with Crippen molar-refractivity contribution in [3.8, 4) is 0 Å². The van der Waals surface area contributed by atoms with Gasteiger partial charge in [-0.25, -0.2) is 12.8 Å². The molecular weight excluding hydrogens is 393 g/mol. The van der Waals surface area contributed by atoms with E-state index in [-0.39, 0.29) is 22.1 Å². The Morgan fingerprint density at radius 1 is 1.03 bits per heavy atom. The van der Waals surface area contributed by atoms with E-state index in [0.29, 0.717) is 12.1 Å². The van der Waals surface area contributed by atoms with E-state index in [0.717, 1.165) is 23.5 Å². The normalized spacial score (nSPS) is 11.3. The lowest BCUT2D eigenvalue weighted by Crippen LogP contribution is -2.25. The van der Waals surface area contributed by atoms with Crippen molar-refractivity contribution < 1.29 is 17.6 Å². The van der Waals surface area contributed by atoms with Crippen LogP contribution in [0.25, 0.3) is 0 Å². The smallest absolute Gasteiger partial charge is 0.261 e. The van der Waals surface area contributed by atoms with E-state index in [1.165, 1.54) is 24.3 Å². The molecule has 0 atom stereocenters. The molecule has 3 aromatic rings. The first-order valence-electron chi connectivity index (χ1n) is 8.96. The maximum absolute atomic E-state index is 13.0. The van der Waals surface area contributed by atoms with Crippen LogP contribution in [0.5, 0.6) is 0 Å². The summed E-state index contributed by atoms with van der Waals surface area (Å²) in [7, 11) is -2.01. The molecular formula is C21H22FN3O3S. The molecule has 0 aliphatic heterocycles. The van der Waals surface area contributed by atoms with E-state index < -0.39 is 15.8 Å². The van der Waals surface area contributed by atoms with Crippen molar-refractivity contribution in [1.29, 1.82) is 0 Å². The average Bonchev–Trinajstić information content (AvgIpc) is 3.00. The first-order chi connectivity index (χ1) is 13.7. The number of carbonyl (C=O) groups is 1. The minimum Gasteiger partial charge on any atom is -0.350 e. The zero-order chi connectivity index (χ0) is 21.2. The van der Waals surface area contributed by atoms with E-state index in [9.17, 15) is 17.6 Å². The molecule has 29 heavy (non-hydrogen) atoms. The molecule has 0 fully saturated rings. The van der Waals surface area contributed by atoms with Gasteiger partial charge in [-0.15, -0.1) is 0 Å². The summed E-state index contributed by atoms with van der Waals surface area (Å²) in [6.45, 7) is 4.04. The summed E-state index contributed by atoms with van der Waals surface area (Å²) in [6.07, 6.45) is 0. The topological polar surface area (TPSA) is 80.2 Å². The zero-order valence-electron chi connectivity index (χ0n) is 16.4. The Morgan fingerprint density at radius 3 is 2.34 bits per heavy atom. The van der Waals surface area contributed by atoms with E-state index in [1.54, 1.807) is 13.0 Å². The Kier molecular flexibility index (Phi) is 5.74. The SMILES string of the molecule is Cc1ccc(S(=O)(=O)Nc2ccc(F)cc2)cc1C(=O)NCc1ccc(C)n1C. The fraction of sp³-hybridized carbons (Fsp3) is 0.190. The van der Waals surface area contributed by atoms with Gasteiger partial charge in [-0.2, -0.15) is 0 Å². The van der Waals surface area contributed by atoms with Gasteiger partial charge in [0.15, 0.2) is 0 Å². The van der Waals surface area contributed by atoms with Gasteiger partial charge in [-0.05, 0) is 67.9 Å². The highest BCUT2D eigenvalue weighted by Gasteiger charge is 2.18. The molecule has 0 saturated heterocycles. The van der Waals surface area contributed by atoms with Crippen LogP contribution in [0.4, 0.5) is 10.1 Å². The fourth-order valence-electron chi connectivity index (χ4n) is 2.86. The minimum atomic E-state index is -3.93. The quantitative estimate of drug-likeness (QED) is 0.647. The van der Waals surface area contributed by atoms with Crippen molar-refractivity contribution >= 4 is 21.6 Å². The third-order valence-corrected chi connectivity index (χ3v) is 6.15. The van der Waals surface area contributed by atoms with E-state index in [1.807, 2.05) is 30.7 Å². The molecule has 0 aliphatic carbocycles. The van der Waals surface area contributed by atoms with Gasteiger partial charge in [0, 0.05) is 29.7 Å². The molecule has 0 aliphatic rings. The Balaban J connectivity index is 1.80. The largest absolute Gasteiger partial charge is 0.350 e. The standard InChI is InChI=1S/C21H22FN3O3S/c1-14-4-11-19(29(27,28)24-17-8-6-16(22)7-9-17)12-20(14)21(26)23-13-18-10-5-15(2)25(18)3/h4-12,24H,13H2,1-3H3,(H,23,26). The molecule has 0 saturated carbocycles. The van der Waals surface area contributed by atoms with Crippen LogP contribution in [0.15, 0.2) is 59.5 Å². The Bertz CT molecular complexity index is 1150. The van der Waals surface area contributed by atoms with E-state index in [4.69, 9.17) is 0 Å². The minimum absolute atomic E-state index is 0.0488. The van der Waals surface area contributed by atoms with Crippen molar-refractivity contribution in [1.82, 2.24) is 9.88 Å². The summed E-state index contributed by atoms with van der Waals surface area (Å²) in [6, 6.07) is 13.2. The maximum Gasteiger partial charge on any atom is 0.261 e. The monoisotopic (exact) mass is 415 g/mol. The summed E-state index contributed by atoms with van der Waals surface area (Å²) in [4.78, 5) is 12.6. The molecule has 1 heterocycles.